The molecule has 0 atom stereocenters. The minimum absolute atomic E-state index is 0. The summed E-state index contributed by atoms with van der Waals surface area (Å²) in [5.74, 6) is -1.17. The van der Waals surface area contributed by atoms with Crippen LogP contribution in [-0.2, 0) is 0 Å². The predicted molar refractivity (Wildman–Crippen MR) is 105 cm³/mol. The van der Waals surface area contributed by atoms with Gasteiger partial charge in [0.05, 0.1) is 51.2 Å². The molecule has 158 valence electrons. The van der Waals surface area contributed by atoms with Crippen molar-refractivity contribution in [1.82, 2.24) is 0 Å². The number of nitrogens with zero attached hydrogens (tertiary/aromatic N) is 4. The van der Waals surface area contributed by atoms with Gasteiger partial charge in [-0.3, -0.25) is 40.5 Å². The molecule has 0 heterocycles. The molecule has 29 heavy (non-hydrogen) atoms. The summed E-state index contributed by atoms with van der Waals surface area (Å²) in [5.41, 5.74) is -4.73. The molecule has 13 nitrogen and oxygen atoms in total. The van der Waals surface area contributed by atoms with E-state index in [2.05, 4.69) is 4.74 Å². The average molecular weight is 442 g/mol. The van der Waals surface area contributed by atoms with E-state index in [0.29, 0.717) is 0 Å². The number of rotatable bonds is 5. The zero-order valence-electron chi connectivity index (χ0n) is 21.3. The zero-order valence-corrected chi connectivity index (χ0v) is 13.1. The molecule has 0 aliphatic heterocycles. The highest BCUT2D eigenvalue weighted by atomic mass is 35.5. The third-order valence-electron chi connectivity index (χ3n) is 2.31. The minimum atomic E-state index is -3.17. The molecule has 14 heteroatoms. The second-order valence-electron chi connectivity index (χ2n) is 3.92. The van der Waals surface area contributed by atoms with Crippen LogP contribution >= 0.6 is 11.6 Å². The van der Waals surface area contributed by atoms with Gasteiger partial charge in [0.15, 0.2) is 5.75 Å². The summed E-state index contributed by atoms with van der Waals surface area (Å²) in [6, 6.07) is -6.39. The first-order valence-corrected chi connectivity index (χ1v) is 6.33. The molecule has 0 saturated heterocycles. The van der Waals surface area contributed by atoms with E-state index in [9.17, 15) is 40.5 Å². The van der Waals surface area contributed by atoms with Crippen molar-refractivity contribution in [3.05, 3.63) is 81.7 Å². The molecule has 0 unspecified atom stereocenters. The summed E-state index contributed by atoms with van der Waals surface area (Å²) in [5, 5.41) is 41.8. The van der Waals surface area contributed by atoms with Crippen LogP contribution in [0.5, 0.6) is 5.75 Å². The van der Waals surface area contributed by atoms with Crippen LogP contribution in [0, 0.1) is 40.5 Å². The SMILES string of the molecule is C.C.[2H]c1c([2H])c([N+](=O)[O-])c([2H])c([N+](=O)[O-])c1Cl.[2H]c1c([2H])c([N+](=O)[O-])c([2H])c([N+](=O)[O-])c1OC([2H])([2H])[2H]. The van der Waals surface area contributed by atoms with Crippen molar-refractivity contribution < 1.29 is 36.8 Å². The van der Waals surface area contributed by atoms with Gasteiger partial charge >= 0.3 is 5.69 Å². The lowest BCUT2D eigenvalue weighted by atomic mass is 10.2. The van der Waals surface area contributed by atoms with Gasteiger partial charge in [0.1, 0.15) is 5.02 Å². The van der Waals surface area contributed by atoms with Gasteiger partial charge in [0.2, 0.25) is 0 Å². The number of nitro groups is 4. The van der Waals surface area contributed by atoms with Gasteiger partial charge in [-0.1, -0.05) is 26.5 Å². The standard InChI is InChI=1S/C7H6N2O5.C6H3ClN2O4.2CH4/c1-14-7-3-2-5(8(10)11)4-6(7)9(12)13;7-5-2-1-4(8(10)11)3-6(5)9(12)13;;/h2-4H,1H3;1-3H;2*1H4/i1D3,2D,3D,4D;1D,2D,3D;;. The van der Waals surface area contributed by atoms with Crippen molar-refractivity contribution >= 4 is 34.4 Å². The number of benzene rings is 2. The molecule has 0 fully saturated rings. The fourth-order valence-corrected chi connectivity index (χ4v) is 1.42. The van der Waals surface area contributed by atoms with Gasteiger partial charge in [-0.15, -0.1) is 0 Å². The normalized spacial score (nSPS) is 13.8. The van der Waals surface area contributed by atoms with Crippen LogP contribution in [-0.4, -0.2) is 26.7 Å². The molecule has 2 rings (SSSR count). The van der Waals surface area contributed by atoms with Crippen LogP contribution in [0.1, 0.15) is 27.2 Å². The van der Waals surface area contributed by atoms with E-state index < -0.39 is 96.5 Å². The van der Waals surface area contributed by atoms with Crippen molar-refractivity contribution in [2.24, 2.45) is 0 Å². The van der Waals surface area contributed by atoms with Crippen LogP contribution in [0.25, 0.3) is 0 Å². The van der Waals surface area contributed by atoms with Crippen LogP contribution in [0.2, 0.25) is 5.02 Å². The Balaban J connectivity index is 0. The number of methoxy groups -OCH3 is 1. The van der Waals surface area contributed by atoms with Crippen molar-refractivity contribution in [2.45, 2.75) is 14.9 Å². The van der Waals surface area contributed by atoms with E-state index in [0.717, 1.165) is 0 Å². The average Bonchev–Trinajstić information content (AvgIpc) is 2.68. The summed E-state index contributed by atoms with van der Waals surface area (Å²) in [4.78, 5) is 37.8. The Morgan fingerprint density at radius 2 is 1.28 bits per heavy atom. The van der Waals surface area contributed by atoms with E-state index in [4.69, 9.17) is 23.9 Å². The van der Waals surface area contributed by atoms with Gasteiger partial charge in [0, 0.05) is 12.1 Å². The monoisotopic (exact) mass is 441 g/mol. The summed E-state index contributed by atoms with van der Waals surface area (Å²) < 4.78 is 68.4. The van der Waals surface area contributed by atoms with Crippen molar-refractivity contribution in [1.29, 1.82) is 0 Å². The quantitative estimate of drug-likeness (QED) is 0.457. The number of hydrogen-bond acceptors (Lipinski definition) is 9. The van der Waals surface area contributed by atoms with Gasteiger partial charge < -0.3 is 4.74 Å². The smallest absolute Gasteiger partial charge is 0.317 e. The van der Waals surface area contributed by atoms with Crippen LogP contribution in [0.3, 0.4) is 0 Å². The molecule has 0 N–H and O–H groups in total. The largest absolute Gasteiger partial charge is 0.490 e. The lowest BCUT2D eigenvalue weighted by molar-refractivity contribution is -0.394. The number of hydrogen-bond donors (Lipinski definition) is 0. The molecule has 0 amide bonds. The lowest BCUT2D eigenvalue weighted by Crippen LogP contribution is -1.95. The fourth-order valence-electron chi connectivity index (χ4n) is 1.26. The third-order valence-corrected chi connectivity index (χ3v) is 2.59. The number of nitro benzene ring substituents is 4. The number of halogens is 1. The predicted octanol–water partition coefficient (Wildman–Crippen LogP) is 4.94. The minimum Gasteiger partial charge on any atom is -0.490 e. The second-order valence-corrected chi connectivity index (χ2v) is 4.30. The highest BCUT2D eigenvalue weighted by molar-refractivity contribution is 6.32. The summed E-state index contributed by atoms with van der Waals surface area (Å²) >= 11 is 5.38. The fraction of sp³-hybridized carbons (Fsp3) is 0.200. The maximum absolute atomic E-state index is 10.8. The molecule has 2 aromatic carbocycles. The van der Waals surface area contributed by atoms with Crippen molar-refractivity contribution in [2.75, 3.05) is 7.04 Å². The topological polar surface area (TPSA) is 182 Å². The zero-order chi connectivity index (χ0) is 28.4. The summed E-state index contributed by atoms with van der Waals surface area (Å²) in [6.45, 7) is 0. The van der Waals surface area contributed by atoms with Gasteiger partial charge in [-0.25, -0.2) is 0 Å². The van der Waals surface area contributed by atoms with E-state index >= 15 is 0 Å². The summed E-state index contributed by atoms with van der Waals surface area (Å²) in [6.07, 6.45) is 0. The number of ether oxygens (including phenoxy) is 1. The molecule has 0 bridgehead atoms. The molecule has 0 aliphatic rings. The molecule has 2 aromatic rings. The lowest BCUT2D eigenvalue weighted by Gasteiger charge is -1.99. The van der Waals surface area contributed by atoms with E-state index in [-0.39, 0.29) is 14.9 Å². The van der Waals surface area contributed by atoms with Crippen LogP contribution in [0.15, 0.2) is 36.3 Å². The van der Waals surface area contributed by atoms with Crippen molar-refractivity contribution in [3.8, 4) is 5.75 Å². The van der Waals surface area contributed by atoms with Crippen molar-refractivity contribution in [3.63, 3.8) is 0 Å². The molecule has 0 spiro atoms. The highest BCUT2D eigenvalue weighted by Gasteiger charge is 2.19. The molecule has 0 aliphatic carbocycles. The van der Waals surface area contributed by atoms with E-state index in [1.54, 1.807) is 0 Å². The maximum atomic E-state index is 10.8. The Bertz CT molecular complexity index is 1270. The maximum Gasteiger partial charge on any atom is 0.317 e. The first-order chi connectivity index (χ1) is 16.3. The van der Waals surface area contributed by atoms with E-state index in [1.807, 2.05) is 0 Å². The molecular formula is C15H17ClN4O9. The van der Waals surface area contributed by atoms with Gasteiger partial charge in [0.25, 0.3) is 17.1 Å². The summed E-state index contributed by atoms with van der Waals surface area (Å²) in [7, 11) is -3.17. The Labute approximate surface area is 181 Å². The Kier molecular flexibility index (Phi) is 5.75. The Hall–Kier alpha value is -3.87. The first-order valence-electron chi connectivity index (χ1n) is 10.5. The van der Waals surface area contributed by atoms with Gasteiger partial charge in [-0.2, -0.15) is 0 Å². The second kappa shape index (κ2) is 11.8. The Morgan fingerprint density at radius 3 is 1.69 bits per heavy atom. The molecule has 0 saturated carbocycles. The molecule has 0 aromatic heterocycles. The highest BCUT2D eigenvalue weighted by Crippen LogP contribution is 2.30. The molecule has 0 radical (unpaired) electrons. The van der Waals surface area contributed by atoms with E-state index in [1.165, 1.54) is 0 Å². The third kappa shape index (κ3) is 7.34. The van der Waals surface area contributed by atoms with Gasteiger partial charge in [-0.05, 0) is 12.1 Å². The first kappa shape index (κ1) is 14.2. The Morgan fingerprint density at radius 1 is 0.828 bits per heavy atom. The van der Waals surface area contributed by atoms with Crippen LogP contribution in [0.4, 0.5) is 22.7 Å². The molecular weight excluding hydrogens is 416 g/mol. The van der Waals surface area contributed by atoms with Crippen LogP contribution < -0.4 is 4.74 Å².